The largest absolute Gasteiger partial charge is 0.396 e. The van der Waals surface area contributed by atoms with Gasteiger partial charge in [0.2, 0.25) is 0 Å². The number of rotatable bonds is 2. The smallest absolute Gasteiger partial charge is 0.139 e. The highest BCUT2D eigenvalue weighted by atomic mass is 16.2. The number of fused-ring (bicyclic) bond motifs is 1. The Labute approximate surface area is 70.3 Å². The molecule has 2 aromatic rings. The molecule has 12 heavy (non-hydrogen) atoms. The summed E-state index contributed by atoms with van der Waals surface area (Å²) in [6.07, 6.45) is 6.27. The molecule has 2 heterocycles. The van der Waals surface area contributed by atoms with Crippen molar-refractivity contribution in [2.45, 2.75) is 6.42 Å². The molecule has 3 nitrogen and oxygen atoms in total. The average Bonchev–Trinajstić information content (AvgIpc) is 2.53. The number of hydrogen-bond acceptors (Lipinski definition) is 2. The molecule has 0 bridgehead atoms. The van der Waals surface area contributed by atoms with E-state index in [0.717, 1.165) is 11.2 Å². The van der Waals surface area contributed by atoms with Crippen LogP contribution in [0.2, 0.25) is 0 Å². The molecule has 0 spiro atoms. The zero-order chi connectivity index (χ0) is 8.39. The van der Waals surface area contributed by atoms with Crippen LogP contribution >= 0.6 is 0 Å². The van der Waals surface area contributed by atoms with E-state index in [2.05, 4.69) is 4.98 Å². The Hall–Kier alpha value is -1.35. The molecule has 0 saturated carbocycles. The SMILES string of the molecule is OCCc1cccn2ccnc12. The van der Waals surface area contributed by atoms with Gasteiger partial charge in [0.25, 0.3) is 0 Å². The average molecular weight is 162 g/mol. The molecule has 3 heteroatoms. The second-order valence-electron chi connectivity index (χ2n) is 2.67. The minimum Gasteiger partial charge on any atom is -0.396 e. The first kappa shape index (κ1) is 7.31. The van der Waals surface area contributed by atoms with Gasteiger partial charge in [-0.25, -0.2) is 4.98 Å². The van der Waals surface area contributed by atoms with Crippen molar-refractivity contribution in [2.24, 2.45) is 0 Å². The quantitative estimate of drug-likeness (QED) is 0.711. The number of hydrogen-bond donors (Lipinski definition) is 1. The second-order valence-corrected chi connectivity index (χ2v) is 2.67. The van der Waals surface area contributed by atoms with Gasteiger partial charge in [0, 0.05) is 25.2 Å². The summed E-state index contributed by atoms with van der Waals surface area (Å²) in [6, 6.07) is 3.94. The molecule has 0 radical (unpaired) electrons. The van der Waals surface area contributed by atoms with Gasteiger partial charge in [-0.05, 0) is 18.1 Å². The first-order valence-corrected chi connectivity index (χ1v) is 3.93. The van der Waals surface area contributed by atoms with Gasteiger partial charge in [-0.1, -0.05) is 6.07 Å². The summed E-state index contributed by atoms with van der Waals surface area (Å²) in [6.45, 7) is 0.173. The normalized spacial score (nSPS) is 10.8. The predicted octanol–water partition coefficient (Wildman–Crippen LogP) is 0.869. The molecule has 0 saturated heterocycles. The third-order valence-corrected chi connectivity index (χ3v) is 1.88. The molecular weight excluding hydrogens is 152 g/mol. The Balaban J connectivity index is 2.57. The molecule has 0 unspecified atom stereocenters. The Bertz CT molecular complexity index is 381. The van der Waals surface area contributed by atoms with E-state index in [4.69, 9.17) is 5.11 Å². The Morgan fingerprint density at radius 3 is 3.17 bits per heavy atom. The highest BCUT2D eigenvalue weighted by Crippen LogP contribution is 2.08. The molecule has 1 N–H and O–H groups in total. The molecule has 2 rings (SSSR count). The van der Waals surface area contributed by atoms with Gasteiger partial charge in [-0.3, -0.25) is 0 Å². The van der Waals surface area contributed by atoms with Crippen LogP contribution in [0.25, 0.3) is 5.65 Å². The van der Waals surface area contributed by atoms with Gasteiger partial charge in [0.15, 0.2) is 0 Å². The van der Waals surface area contributed by atoms with Crippen LogP contribution in [0, 0.1) is 0 Å². The molecule has 0 aliphatic heterocycles. The van der Waals surface area contributed by atoms with Crippen molar-refractivity contribution in [1.82, 2.24) is 9.38 Å². The zero-order valence-corrected chi connectivity index (χ0v) is 6.64. The summed E-state index contributed by atoms with van der Waals surface area (Å²) < 4.78 is 1.95. The van der Waals surface area contributed by atoms with E-state index < -0.39 is 0 Å². The standard InChI is InChI=1S/C9H10N2O/c12-7-3-8-2-1-5-11-6-4-10-9(8)11/h1-2,4-6,12H,3,7H2. The lowest BCUT2D eigenvalue weighted by molar-refractivity contribution is 0.300. The summed E-state index contributed by atoms with van der Waals surface area (Å²) in [5.74, 6) is 0. The third-order valence-electron chi connectivity index (χ3n) is 1.88. The van der Waals surface area contributed by atoms with Crippen LogP contribution < -0.4 is 0 Å². The highest BCUT2D eigenvalue weighted by molar-refractivity contribution is 5.47. The maximum atomic E-state index is 8.78. The number of aromatic nitrogens is 2. The summed E-state index contributed by atoms with van der Waals surface area (Å²) in [4.78, 5) is 4.19. The fraction of sp³-hybridized carbons (Fsp3) is 0.222. The van der Waals surface area contributed by atoms with E-state index in [0.29, 0.717) is 6.42 Å². The molecule has 62 valence electrons. The van der Waals surface area contributed by atoms with Gasteiger partial charge >= 0.3 is 0 Å². The molecule has 0 fully saturated rings. The topological polar surface area (TPSA) is 37.5 Å². The van der Waals surface area contributed by atoms with Gasteiger partial charge < -0.3 is 9.51 Å². The van der Waals surface area contributed by atoms with E-state index in [1.807, 2.05) is 28.9 Å². The molecule has 0 aliphatic carbocycles. The maximum absolute atomic E-state index is 8.78. The van der Waals surface area contributed by atoms with E-state index in [9.17, 15) is 0 Å². The van der Waals surface area contributed by atoms with E-state index in [1.165, 1.54) is 0 Å². The lowest BCUT2D eigenvalue weighted by atomic mass is 10.2. The Morgan fingerprint density at radius 1 is 1.42 bits per heavy atom. The zero-order valence-electron chi connectivity index (χ0n) is 6.64. The van der Waals surface area contributed by atoms with Crippen molar-refractivity contribution in [2.75, 3.05) is 6.61 Å². The summed E-state index contributed by atoms with van der Waals surface area (Å²) in [5.41, 5.74) is 2.02. The number of pyridine rings is 1. The number of nitrogens with zero attached hydrogens (tertiary/aromatic N) is 2. The Morgan fingerprint density at radius 2 is 2.33 bits per heavy atom. The van der Waals surface area contributed by atoms with Crippen LogP contribution in [0.5, 0.6) is 0 Å². The molecule has 0 aliphatic rings. The van der Waals surface area contributed by atoms with Gasteiger partial charge in [0.05, 0.1) is 0 Å². The second kappa shape index (κ2) is 2.95. The van der Waals surface area contributed by atoms with Crippen LogP contribution in [0.3, 0.4) is 0 Å². The number of aliphatic hydroxyl groups is 1. The van der Waals surface area contributed by atoms with Crippen LogP contribution in [0.15, 0.2) is 30.7 Å². The van der Waals surface area contributed by atoms with E-state index in [-0.39, 0.29) is 6.61 Å². The molecule has 2 aromatic heterocycles. The minimum absolute atomic E-state index is 0.173. The van der Waals surface area contributed by atoms with Crippen molar-refractivity contribution >= 4 is 5.65 Å². The first-order valence-electron chi connectivity index (χ1n) is 3.93. The van der Waals surface area contributed by atoms with Crippen LogP contribution in [0.1, 0.15) is 5.56 Å². The van der Waals surface area contributed by atoms with Crippen LogP contribution in [-0.4, -0.2) is 21.1 Å². The van der Waals surface area contributed by atoms with Crippen molar-refractivity contribution in [3.63, 3.8) is 0 Å². The molecule has 0 atom stereocenters. The Kier molecular flexibility index (Phi) is 1.80. The lowest BCUT2D eigenvalue weighted by Crippen LogP contribution is -1.94. The maximum Gasteiger partial charge on any atom is 0.139 e. The number of aliphatic hydroxyl groups excluding tert-OH is 1. The fourth-order valence-electron chi connectivity index (χ4n) is 1.32. The monoisotopic (exact) mass is 162 g/mol. The fourth-order valence-corrected chi connectivity index (χ4v) is 1.32. The summed E-state index contributed by atoms with van der Waals surface area (Å²) in [7, 11) is 0. The van der Waals surface area contributed by atoms with Gasteiger partial charge in [0.1, 0.15) is 5.65 Å². The van der Waals surface area contributed by atoms with E-state index in [1.54, 1.807) is 6.20 Å². The van der Waals surface area contributed by atoms with Crippen molar-refractivity contribution in [3.05, 3.63) is 36.3 Å². The van der Waals surface area contributed by atoms with Crippen molar-refractivity contribution in [3.8, 4) is 0 Å². The third kappa shape index (κ3) is 1.08. The highest BCUT2D eigenvalue weighted by Gasteiger charge is 1.99. The molecular formula is C9H10N2O. The minimum atomic E-state index is 0.173. The first-order chi connectivity index (χ1) is 5.92. The van der Waals surface area contributed by atoms with Crippen LogP contribution in [0.4, 0.5) is 0 Å². The van der Waals surface area contributed by atoms with Crippen molar-refractivity contribution in [1.29, 1.82) is 0 Å². The van der Waals surface area contributed by atoms with Gasteiger partial charge in [-0.15, -0.1) is 0 Å². The van der Waals surface area contributed by atoms with Gasteiger partial charge in [-0.2, -0.15) is 0 Å². The molecule has 0 amide bonds. The summed E-state index contributed by atoms with van der Waals surface area (Å²) >= 11 is 0. The molecule has 0 aromatic carbocycles. The van der Waals surface area contributed by atoms with Crippen molar-refractivity contribution < 1.29 is 5.11 Å². The summed E-state index contributed by atoms with van der Waals surface area (Å²) in [5, 5.41) is 8.78. The van der Waals surface area contributed by atoms with E-state index >= 15 is 0 Å². The predicted molar refractivity (Wildman–Crippen MR) is 46.0 cm³/mol. The lowest BCUT2D eigenvalue weighted by Gasteiger charge is -1.99. The number of imidazole rings is 1. The van der Waals surface area contributed by atoms with Crippen LogP contribution in [-0.2, 0) is 6.42 Å².